The van der Waals surface area contributed by atoms with Crippen molar-refractivity contribution in [3.05, 3.63) is 100 Å². The fourth-order valence-electron chi connectivity index (χ4n) is 4.75. The largest absolute Gasteiger partial charge is 0.490 e. The van der Waals surface area contributed by atoms with Gasteiger partial charge in [0.1, 0.15) is 23.1 Å². The molecule has 1 atom stereocenters. The van der Waals surface area contributed by atoms with E-state index in [9.17, 15) is 10.1 Å². The first-order valence-electron chi connectivity index (χ1n) is 14.6. The van der Waals surface area contributed by atoms with E-state index in [0.29, 0.717) is 42.1 Å². The lowest BCUT2D eigenvalue weighted by Crippen LogP contribution is -2.21. The Labute approximate surface area is 254 Å². The van der Waals surface area contributed by atoms with Crippen LogP contribution < -0.4 is 24.7 Å². The van der Waals surface area contributed by atoms with Crippen molar-refractivity contribution in [1.82, 2.24) is 0 Å². The monoisotopic (exact) mass is 580 g/mol. The van der Waals surface area contributed by atoms with Crippen LogP contribution in [0.5, 0.6) is 23.0 Å². The van der Waals surface area contributed by atoms with E-state index >= 15 is 0 Å². The highest BCUT2D eigenvalue weighted by Gasteiger charge is 2.32. The summed E-state index contributed by atoms with van der Waals surface area (Å²) in [5.41, 5.74) is 10.2. The fraction of sp³-hybridized carbons (Fsp3) is 0.333. The summed E-state index contributed by atoms with van der Waals surface area (Å²) in [6, 6.07) is 21.0. The number of carbonyl (C=O) groups excluding carboxylic acids is 1. The Kier molecular flexibility index (Phi) is 9.82. The maximum absolute atomic E-state index is 12.6. The van der Waals surface area contributed by atoms with Gasteiger partial charge in [-0.15, -0.1) is 0 Å². The number of rotatable bonds is 10. The molecular weight excluding hydrogens is 540 g/mol. The summed E-state index contributed by atoms with van der Waals surface area (Å²) >= 11 is 0. The molecule has 0 bridgehead atoms. The highest BCUT2D eigenvalue weighted by atomic mass is 16.5. The smallest absolute Gasteiger partial charge is 0.336 e. The quantitative estimate of drug-likeness (QED) is 0.149. The number of ether oxygens (including phenoxy) is 4. The van der Waals surface area contributed by atoms with Gasteiger partial charge < -0.3 is 24.7 Å². The molecule has 0 aromatic heterocycles. The van der Waals surface area contributed by atoms with Crippen molar-refractivity contribution in [3.63, 3.8) is 0 Å². The maximum Gasteiger partial charge on any atom is 0.336 e. The van der Waals surface area contributed by atoms with Gasteiger partial charge in [0, 0.05) is 17.7 Å². The SMILES string of the molecule is CCOc1cc(C2C(C#N)=C(N)Oc3cc(OC(=O)/C=C/c4ccc(C(C)(C)C)cc4)ccc32)ccc1OCCC(C)C. The predicted molar refractivity (Wildman–Crippen MR) is 168 cm³/mol. The summed E-state index contributed by atoms with van der Waals surface area (Å²) < 4.78 is 23.3. The van der Waals surface area contributed by atoms with E-state index in [1.54, 1.807) is 24.3 Å². The second-order valence-corrected chi connectivity index (χ2v) is 11.9. The molecule has 2 N–H and O–H groups in total. The number of nitrogens with two attached hydrogens (primary N) is 1. The third-order valence-corrected chi connectivity index (χ3v) is 7.15. The number of esters is 1. The zero-order valence-corrected chi connectivity index (χ0v) is 25.8. The van der Waals surface area contributed by atoms with Gasteiger partial charge in [0.15, 0.2) is 11.5 Å². The summed E-state index contributed by atoms with van der Waals surface area (Å²) in [6.07, 6.45) is 4.02. The number of hydrogen-bond acceptors (Lipinski definition) is 7. The van der Waals surface area contributed by atoms with E-state index in [1.165, 1.54) is 11.6 Å². The van der Waals surface area contributed by atoms with E-state index in [1.807, 2.05) is 37.3 Å². The summed E-state index contributed by atoms with van der Waals surface area (Å²) in [6.45, 7) is 13.7. The maximum atomic E-state index is 12.6. The van der Waals surface area contributed by atoms with Crippen LogP contribution in [0, 0.1) is 17.2 Å². The molecule has 0 fully saturated rings. The third kappa shape index (κ3) is 7.78. The van der Waals surface area contributed by atoms with Gasteiger partial charge in [0.05, 0.1) is 19.1 Å². The van der Waals surface area contributed by atoms with E-state index in [0.717, 1.165) is 23.1 Å². The number of fused-ring (bicyclic) bond motifs is 1. The van der Waals surface area contributed by atoms with Crippen molar-refractivity contribution in [1.29, 1.82) is 5.26 Å². The average molecular weight is 581 g/mol. The van der Waals surface area contributed by atoms with Gasteiger partial charge in [-0.1, -0.05) is 71.0 Å². The van der Waals surface area contributed by atoms with E-state index in [4.69, 9.17) is 24.7 Å². The Balaban J connectivity index is 1.56. The normalized spacial score (nSPS) is 14.7. The molecule has 0 amide bonds. The predicted octanol–water partition coefficient (Wildman–Crippen LogP) is 7.64. The second-order valence-electron chi connectivity index (χ2n) is 11.9. The van der Waals surface area contributed by atoms with Gasteiger partial charge in [-0.05, 0) is 65.6 Å². The molecule has 0 spiro atoms. The van der Waals surface area contributed by atoms with Gasteiger partial charge in [-0.3, -0.25) is 0 Å². The molecule has 0 saturated heterocycles. The Bertz CT molecular complexity index is 1560. The topological polar surface area (TPSA) is 104 Å². The number of nitrogens with zero attached hydrogens (tertiary/aromatic N) is 1. The first-order chi connectivity index (χ1) is 20.5. The van der Waals surface area contributed by atoms with Crippen LogP contribution in [0.2, 0.25) is 0 Å². The molecule has 1 unspecified atom stereocenters. The zero-order valence-electron chi connectivity index (χ0n) is 25.8. The van der Waals surface area contributed by atoms with Crippen LogP contribution in [0.15, 0.2) is 78.2 Å². The van der Waals surface area contributed by atoms with Gasteiger partial charge in [0.25, 0.3) is 0 Å². The lowest BCUT2D eigenvalue weighted by Gasteiger charge is -2.27. The molecule has 7 heteroatoms. The summed E-state index contributed by atoms with van der Waals surface area (Å²) in [7, 11) is 0. The number of benzene rings is 3. The van der Waals surface area contributed by atoms with Crippen LogP contribution >= 0.6 is 0 Å². The van der Waals surface area contributed by atoms with Gasteiger partial charge in [-0.2, -0.15) is 5.26 Å². The lowest BCUT2D eigenvalue weighted by molar-refractivity contribution is -0.128. The summed E-state index contributed by atoms with van der Waals surface area (Å²) in [5, 5.41) is 9.99. The molecule has 1 heterocycles. The van der Waals surface area contributed by atoms with Crippen LogP contribution in [0.25, 0.3) is 6.08 Å². The summed E-state index contributed by atoms with van der Waals surface area (Å²) in [5.74, 6) is 1.44. The molecule has 7 nitrogen and oxygen atoms in total. The minimum absolute atomic E-state index is 0.00250. The number of carbonyl (C=O) groups is 1. The van der Waals surface area contributed by atoms with E-state index in [2.05, 4.69) is 52.8 Å². The van der Waals surface area contributed by atoms with Crippen molar-refractivity contribution in [3.8, 4) is 29.1 Å². The highest BCUT2D eigenvalue weighted by molar-refractivity contribution is 5.88. The molecule has 1 aliphatic heterocycles. The molecule has 0 saturated carbocycles. The van der Waals surface area contributed by atoms with E-state index < -0.39 is 11.9 Å². The first-order valence-corrected chi connectivity index (χ1v) is 14.6. The van der Waals surface area contributed by atoms with Crippen molar-refractivity contribution in [2.24, 2.45) is 11.7 Å². The highest BCUT2D eigenvalue weighted by Crippen LogP contribution is 2.45. The first kappa shape index (κ1) is 31.2. The molecule has 4 rings (SSSR count). The van der Waals surface area contributed by atoms with Crippen molar-refractivity contribution >= 4 is 12.0 Å². The molecule has 0 aliphatic carbocycles. The van der Waals surface area contributed by atoms with Crippen LogP contribution in [-0.4, -0.2) is 19.2 Å². The molecule has 224 valence electrons. The Hall–Kier alpha value is -4.70. The van der Waals surface area contributed by atoms with Crippen LogP contribution in [-0.2, 0) is 10.2 Å². The van der Waals surface area contributed by atoms with Crippen LogP contribution in [0.4, 0.5) is 0 Å². The Morgan fingerprint density at radius 1 is 1.05 bits per heavy atom. The lowest BCUT2D eigenvalue weighted by atomic mass is 9.83. The Morgan fingerprint density at radius 2 is 1.79 bits per heavy atom. The standard InChI is InChI=1S/C36H40N2O5/c1-7-40-32-20-25(11-16-30(32)41-19-18-23(2)3)34-28-15-14-27(21-31(28)43-35(38)29(34)22-37)42-33(39)17-10-24-8-12-26(13-9-24)36(4,5)6/h8-17,20-21,23,34H,7,18-19,38H2,1-6H3/b17-10+. The number of allylic oxidation sites excluding steroid dienone is 1. The number of hydrogen-bond donors (Lipinski definition) is 1. The Morgan fingerprint density at radius 3 is 2.44 bits per heavy atom. The minimum Gasteiger partial charge on any atom is -0.490 e. The molecule has 3 aromatic rings. The molecule has 0 radical (unpaired) electrons. The van der Waals surface area contributed by atoms with Crippen LogP contribution in [0.1, 0.15) is 76.1 Å². The van der Waals surface area contributed by atoms with Crippen molar-refractivity contribution < 1.29 is 23.7 Å². The third-order valence-electron chi connectivity index (χ3n) is 7.15. The molecular formula is C36H40N2O5. The van der Waals surface area contributed by atoms with Gasteiger partial charge >= 0.3 is 5.97 Å². The summed E-state index contributed by atoms with van der Waals surface area (Å²) in [4.78, 5) is 12.6. The average Bonchev–Trinajstić information content (AvgIpc) is 2.96. The van der Waals surface area contributed by atoms with Crippen molar-refractivity contribution in [2.75, 3.05) is 13.2 Å². The number of nitriles is 1. The van der Waals surface area contributed by atoms with Gasteiger partial charge in [-0.25, -0.2) is 4.79 Å². The van der Waals surface area contributed by atoms with E-state index in [-0.39, 0.29) is 16.9 Å². The second kappa shape index (κ2) is 13.5. The zero-order chi connectivity index (χ0) is 31.1. The van der Waals surface area contributed by atoms with Crippen molar-refractivity contribution in [2.45, 2.75) is 59.3 Å². The molecule has 3 aromatic carbocycles. The molecule has 1 aliphatic rings. The van der Waals surface area contributed by atoms with Gasteiger partial charge in [0.2, 0.25) is 5.88 Å². The minimum atomic E-state index is -0.525. The fourth-order valence-corrected chi connectivity index (χ4v) is 4.75. The van der Waals surface area contributed by atoms with Crippen LogP contribution in [0.3, 0.4) is 0 Å². The molecule has 43 heavy (non-hydrogen) atoms.